The van der Waals surface area contributed by atoms with Gasteiger partial charge in [0.25, 0.3) is 29.5 Å². The number of halogens is 8. The van der Waals surface area contributed by atoms with Crippen molar-refractivity contribution in [3.8, 4) is 59.2 Å². The maximum Gasteiger partial charge on any atom is 0.417 e. The summed E-state index contributed by atoms with van der Waals surface area (Å²) in [5, 5.41) is 13.2. The summed E-state index contributed by atoms with van der Waals surface area (Å²) in [5.74, 6) is -1.58. The Morgan fingerprint density at radius 3 is 1.26 bits per heavy atom. The minimum Gasteiger partial charge on any atom is -0.454 e. The van der Waals surface area contributed by atoms with Gasteiger partial charge in [-0.05, 0) is 148 Å². The molecule has 0 spiro atoms. The Morgan fingerprint density at radius 2 is 0.766 bits per heavy atom. The van der Waals surface area contributed by atoms with Crippen LogP contribution in [-0.4, -0.2) is 93.5 Å². The molecule has 128 heavy (non-hydrogen) atoms. The van der Waals surface area contributed by atoms with Crippen LogP contribution in [0.25, 0.3) is 0 Å². The van der Waals surface area contributed by atoms with E-state index >= 15 is 0 Å². The van der Waals surface area contributed by atoms with Crippen molar-refractivity contribution in [3.05, 3.63) is 390 Å². The third kappa shape index (κ3) is 26.5. The number of carbonyl (C=O) groups is 5. The number of hydrogen-bond donors (Lipinski definition) is 5. The summed E-state index contributed by atoms with van der Waals surface area (Å²) in [6.45, 7) is 5.49. The number of nitrogens with zero attached hydrogens (tertiary/aromatic N) is 12. The highest BCUT2D eigenvalue weighted by atomic mass is 19.4. The lowest BCUT2D eigenvalue weighted by atomic mass is 10.1. The minimum absolute atomic E-state index is 0.0269. The normalized spacial score (nSPS) is 10.4. The lowest BCUT2D eigenvalue weighted by Gasteiger charge is -2.21. The van der Waals surface area contributed by atoms with E-state index in [9.17, 15) is 59.1 Å². The van der Waals surface area contributed by atoms with Gasteiger partial charge in [0, 0.05) is 124 Å². The van der Waals surface area contributed by atoms with E-state index in [2.05, 4.69) is 88.3 Å². The monoisotopic (exact) mass is 1730 g/mol. The number of hydrogen-bond acceptors (Lipinski definition) is 20. The first-order valence-corrected chi connectivity index (χ1v) is 37.9. The average molecular weight is 1730 g/mol. The number of aromatic nitrogens is 10. The molecule has 0 saturated heterocycles. The first-order chi connectivity index (χ1) is 61.6. The van der Waals surface area contributed by atoms with Crippen LogP contribution in [0.1, 0.15) is 85.4 Å². The van der Waals surface area contributed by atoms with Gasteiger partial charge in [-0.1, -0.05) is 77.6 Å². The molecule has 15 rings (SSSR count). The highest BCUT2D eigenvalue weighted by molar-refractivity contribution is 6.07. The van der Waals surface area contributed by atoms with E-state index in [-0.39, 0.29) is 57.5 Å². The molecular weight excluding hydrogens is 1660 g/mol. The number of terminal acetylenes is 2. The van der Waals surface area contributed by atoms with Crippen LogP contribution < -0.4 is 50.6 Å². The van der Waals surface area contributed by atoms with Gasteiger partial charge >= 0.3 is 6.18 Å². The van der Waals surface area contributed by atoms with E-state index in [0.717, 1.165) is 41.2 Å². The number of carbonyl (C=O) groups excluding carboxylic acids is 5. The molecule has 0 saturated carbocycles. The summed E-state index contributed by atoms with van der Waals surface area (Å²) in [5.41, 5.74) is 8.52. The highest BCUT2D eigenvalue weighted by Crippen LogP contribution is 2.36. The number of alkyl halides is 3. The fraction of sp³-hybridized carbons (Fsp3) is 0.0632. The fourth-order valence-corrected chi connectivity index (χ4v) is 11.3. The van der Waals surface area contributed by atoms with E-state index in [1.807, 2.05) is 26.0 Å². The lowest BCUT2D eigenvalue weighted by molar-refractivity contribution is -0.137. The first kappa shape index (κ1) is 91.3. The average Bonchev–Trinajstić information content (AvgIpc) is 0.828. The third-order valence-corrected chi connectivity index (χ3v) is 17.6. The molecule has 0 atom stereocenters. The summed E-state index contributed by atoms with van der Waals surface area (Å²) in [4.78, 5) is 103. The molecule has 25 nitrogen and oxygen atoms in total. The molecule has 33 heteroatoms. The van der Waals surface area contributed by atoms with Crippen molar-refractivity contribution in [2.24, 2.45) is 0 Å². The Hall–Kier alpha value is -17.5. The van der Waals surface area contributed by atoms with Crippen LogP contribution in [0.2, 0.25) is 0 Å². The van der Waals surface area contributed by atoms with Gasteiger partial charge in [0.15, 0.2) is 40.4 Å². The topological polar surface area (TPSA) is 309 Å². The molecule has 9 aromatic carbocycles. The zero-order valence-electron chi connectivity index (χ0n) is 68.1. The van der Waals surface area contributed by atoms with Crippen LogP contribution >= 0.6 is 0 Å². The summed E-state index contributed by atoms with van der Waals surface area (Å²) >= 11 is 0. The van der Waals surface area contributed by atoms with Gasteiger partial charge in [-0.2, -0.15) is 22.0 Å². The number of anilines is 9. The second kappa shape index (κ2) is 43.8. The number of amides is 5. The molecule has 0 unspecified atom stereocenters. The molecule has 5 N–H and O–H groups in total. The lowest BCUT2D eigenvalue weighted by Crippen LogP contribution is -2.15. The molecule has 0 aliphatic carbocycles. The van der Waals surface area contributed by atoms with Crippen molar-refractivity contribution in [2.75, 3.05) is 50.5 Å². The Balaban J connectivity index is 0.000000155. The molecule has 0 aliphatic heterocycles. The largest absolute Gasteiger partial charge is 0.454 e. The van der Waals surface area contributed by atoms with Gasteiger partial charge in [0.1, 0.15) is 42.6 Å². The zero-order chi connectivity index (χ0) is 91.2. The van der Waals surface area contributed by atoms with E-state index in [1.54, 1.807) is 213 Å². The smallest absolute Gasteiger partial charge is 0.417 e. The van der Waals surface area contributed by atoms with Gasteiger partial charge in [0.05, 0.1) is 78.4 Å². The predicted octanol–water partition coefficient (Wildman–Crippen LogP) is 20.2. The molecule has 5 amide bonds. The van der Waals surface area contributed by atoms with Gasteiger partial charge in [-0.15, -0.1) is 12.8 Å². The maximum absolute atomic E-state index is 14.2. The van der Waals surface area contributed by atoms with Crippen molar-refractivity contribution in [2.45, 2.75) is 26.9 Å². The van der Waals surface area contributed by atoms with E-state index in [0.29, 0.717) is 73.3 Å². The molecule has 6 aromatic heterocycles. The Kier molecular flexibility index (Phi) is 31.3. The molecule has 0 bridgehead atoms. The maximum atomic E-state index is 14.2. The zero-order valence-corrected chi connectivity index (χ0v) is 68.1. The minimum atomic E-state index is -4.46. The van der Waals surface area contributed by atoms with Crippen molar-refractivity contribution >= 4 is 80.7 Å². The van der Waals surface area contributed by atoms with Crippen LogP contribution in [-0.2, 0) is 6.18 Å². The van der Waals surface area contributed by atoms with Crippen molar-refractivity contribution < 1.29 is 73.3 Å². The molecule has 0 radical (unpaired) electrons. The molecule has 0 aliphatic rings. The van der Waals surface area contributed by atoms with Gasteiger partial charge < -0.3 is 50.6 Å². The van der Waals surface area contributed by atoms with Gasteiger partial charge in [0.2, 0.25) is 11.6 Å². The number of ether oxygens (including phenoxy) is 3. The first-order valence-electron chi connectivity index (χ1n) is 37.9. The summed E-state index contributed by atoms with van der Waals surface area (Å²) < 4.78 is 125. The third-order valence-electron chi connectivity index (χ3n) is 17.6. The van der Waals surface area contributed by atoms with Crippen LogP contribution in [0.4, 0.5) is 86.3 Å². The summed E-state index contributed by atoms with van der Waals surface area (Å²) in [6, 6.07) is 56.0. The number of pyridine rings is 2. The van der Waals surface area contributed by atoms with Crippen molar-refractivity contribution in [3.63, 3.8) is 0 Å². The van der Waals surface area contributed by atoms with E-state index < -0.39 is 64.3 Å². The molecule has 0 fully saturated rings. The second-order valence-corrected chi connectivity index (χ2v) is 27.1. The fourth-order valence-electron chi connectivity index (χ4n) is 11.3. The number of benzene rings is 9. The van der Waals surface area contributed by atoms with Gasteiger partial charge in [-0.25, -0.2) is 58.0 Å². The van der Waals surface area contributed by atoms with Crippen molar-refractivity contribution in [1.82, 2.24) is 49.8 Å². The highest BCUT2D eigenvalue weighted by Gasteiger charge is 2.32. The second-order valence-electron chi connectivity index (χ2n) is 27.1. The van der Waals surface area contributed by atoms with Crippen LogP contribution in [0.3, 0.4) is 0 Å². The Morgan fingerprint density at radius 1 is 0.352 bits per heavy atom. The molecule has 640 valence electrons. The van der Waals surface area contributed by atoms with E-state index in [4.69, 9.17) is 27.1 Å². The number of rotatable bonds is 20. The van der Waals surface area contributed by atoms with Crippen molar-refractivity contribution in [1.29, 1.82) is 0 Å². The Bertz CT molecular complexity index is 6390. The molecule has 6 heterocycles. The van der Waals surface area contributed by atoms with Crippen LogP contribution in [0, 0.1) is 74.5 Å². The number of aryl methyl sites for hydroxylation is 3. The Labute approximate surface area is 727 Å². The number of nitrogens with one attached hydrogen (secondary N) is 5. The standard InChI is InChI=1S/C21H18F3N3O.C20H15FN4O.C19H13N3O2.C18H13F2N3O2.C17H12F2N4O2/c1-14-5-3-6-15(9-14)20(28)26-17-7-4-8-18(11-17)27(2)19-10-16(12-25-13-19)21(22,23)24;1-3-14-5-4-6-15(9-14)20(26)24-19-10-16(7-8-18(19)21)25(2)17-11-22-13-23-12-17;1-2-14-5-3-6-15(9-14)19(23)22-16-7-4-8-17(10-16)24-18-11-20-13-21-12-18;1-11-3-2-4-12(5-11)18(24)23-13-6-15(19)17(20)16(7-13)25-14-8-21-10-22-9-14;1-10-3-2-4-14(22-10)17(24)23-11-5-13(18)16(19)15(6-11)25-12-7-20-9-21-8-12/h3-13H,1-2H3,(H,26,28);1,4-13H,2H3,(H,24,26);1,3-13H,(H,22,23);2-10H,1H3,(H,23,24);2-9H,1H3,(H,23,24). The summed E-state index contributed by atoms with van der Waals surface area (Å²) in [6.07, 6.45) is 25.4. The van der Waals surface area contributed by atoms with Crippen LogP contribution in [0.5, 0.6) is 34.5 Å². The van der Waals surface area contributed by atoms with Gasteiger partial charge in [-0.3, -0.25) is 29.0 Å². The van der Waals surface area contributed by atoms with E-state index in [1.165, 1.54) is 80.6 Å². The SMILES string of the molecule is C#Cc1cccc(C(=O)Nc2cc(N(C)c3cncnc3)ccc2F)c1.C#Cc1cccc(C(=O)Nc2cccc(Oc3cncnc3)c2)c1.Cc1cccc(C(=O)Nc2cc(F)c(F)c(Oc3cncnc3)c2)c1.Cc1cccc(C(=O)Nc2cc(F)c(F)c(Oc3cncnc3)c2)n1.Cc1cccc(C(=O)Nc2cccc(N(C)c3cncc(C(F)(F)F)c3)c2)c1. The quantitative estimate of drug-likeness (QED) is 0.0350. The summed E-state index contributed by atoms with van der Waals surface area (Å²) in [7, 11) is 3.44. The molecular formula is C95H71F8N17O8. The molecule has 15 aromatic rings. The van der Waals surface area contributed by atoms with Crippen LogP contribution in [0.15, 0.2) is 300 Å². The predicted molar refractivity (Wildman–Crippen MR) is 466 cm³/mol.